The van der Waals surface area contributed by atoms with Gasteiger partial charge in [-0.05, 0) is 12.1 Å². The molecule has 18 heavy (non-hydrogen) atoms. The number of aromatic carboxylic acids is 1. The van der Waals surface area contributed by atoms with Gasteiger partial charge in [0, 0.05) is 18.1 Å². The standard InChI is InChI=1S/C12H9F2NO3/c1-2-9-10(12(16)17)11(15-18-9)7-4-3-6(13)5-8(7)14/h3-5H,2H2,1H3,(H,16,17). The van der Waals surface area contributed by atoms with Crippen molar-refractivity contribution in [2.75, 3.05) is 0 Å². The lowest BCUT2D eigenvalue weighted by molar-refractivity contribution is 0.0695. The first-order chi connectivity index (χ1) is 8.54. The Morgan fingerprint density at radius 2 is 2.17 bits per heavy atom. The Balaban J connectivity index is 2.64. The lowest BCUT2D eigenvalue weighted by atomic mass is 10.0. The Morgan fingerprint density at radius 1 is 1.44 bits per heavy atom. The van der Waals surface area contributed by atoms with Gasteiger partial charge in [0.1, 0.15) is 22.9 Å². The van der Waals surface area contributed by atoms with E-state index in [1.165, 1.54) is 0 Å². The van der Waals surface area contributed by atoms with Crippen LogP contribution in [-0.4, -0.2) is 16.2 Å². The fourth-order valence-corrected chi connectivity index (χ4v) is 1.65. The summed E-state index contributed by atoms with van der Waals surface area (Å²) in [5.41, 5.74) is -0.419. The zero-order valence-corrected chi connectivity index (χ0v) is 9.41. The van der Waals surface area contributed by atoms with Crippen molar-refractivity contribution >= 4 is 5.97 Å². The van der Waals surface area contributed by atoms with Crippen molar-refractivity contribution in [3.05, 3.63) is 41.2 Å². The summed E-state index contributed by atoms with van der Waals surface area (Å²) < 4.78 is 31.2. The van der Waals surface area contributed by atoms with Crippen molar-refractivity contribution in [1.82, 2.24) is 5.16 Å². The Labute approximate surface area is 101 Å². The largest absolute Gasteiger partial charge is 0.477 e. The molecule has 1 aromatic carbocycles. The lowest BCUT2D eigenvalue weighted by Crippen LogP contribution is -2.01. The molecular formula is C12H9F2NO3. The average Bonchev–Trinajstić information content (AvgIpc) is 2.72. The maximum atomic E-state index is 13.6. The maximum Gasteiger partial charge on any atom is 0.341 e. The van der Waals surface area contributed by atoms with E-state index in [0.29, 0.717) is 12.5 Å². The van der Waals surface area contributed by atoms with Crippen LogP contribution in [0.3, 0.4) is 0 Å². The van der Waals surface area contributed by atoms with E-state index in [0.717, 1.165) is 12.1 Å². The summed E-state index contributed by atoms with van der Waals surface area (Å²) in [7, 11) is 0. The second-order valence-electron chi connectivity index (χ2n) is 3.61. The Hall–Kier alpha value is -2.24. The monoisotopic (exact) mass is 253 g/mol. The number of nitrogens with zero attached hydrogens (tertiary/aromatic N) is 1. The van der Waals surface area contributed by atoms with Gasteiger partial charge in [0.05, 0.1) is 0 Å². The van der Waals surface area contributed by atoms with Crippen LogP contribution in [0.4, 0.5) is 8.78 Å². The quantitative estimate of drug-likeness (QED) is 0.913. The van der Waals surface area contributed by atoms with Crippen molar-refractivity contribution in [2.45, 2.75) is 13.3 Å². The van der Waals surface area contributed by atoms with E-state index in [1.807, 2.05) is 0 Å². The summed E-state index contributed by atoms with van der Waals surface area (Å²) >= 11 is 0. The molecule has 94 valence electrons. The highest BCUT2D eigenvalue weighted by molar-refractivity contribution is 5.95. The normalized spacial score (nSPS) is 10.6. The van der Waals surface area contributed by atoms with Gasteiger partial charge in [-0.15, -0.1) is 0 Å². The summed E-state index contributed by atoms with van der Waals surface area (Å²) in [5, 5.41) is 12.6. The van der Waals surface area contributed by atoms with Crippen molar-refractivity contribution in [1.29, 1.82) is 0 Å². The van der Waals surface area contributed by atoms with Crippen LogP contribution in [0.1, 0.15) is 23.0 Å². The van der Waals surface area contributed by atoms with Gasteiger partial charge < -0.3 is 9.63 Å². The third kappa shape index (κ3) is 1.97. The molecule has 0 radical (unpaired) electrons. The highest BCUT2D eigenvalue weighted by Crippen LogP contribution is 2.28. The number of hydrogen-bond donors (Lipinski definition) is 1. The first-order valence-electron chi connectivity index (χ1n) is 5.21. The predicted octanol–water partition coefficient (Wildman–Crippen LogP) is 2.88. The highest BCUT2D eigenvalue weighted by Gasteiger charge is 2.24. The molecule has 0 saturated carbocycles. The molecule has 0 unspecified atom stereocenters. The third-order valence-electron chi connectivity index (χ3n) is 2.48. The van der Waals surface area contributed by atoms with E-state index < -0.39 is 17.6 Å². The Bertz CT molecular complexity index is 607. The first-order valence-corrected chi connectivity index (χ1v) is 5.21. The van der Waals surface area contributed by atoms with Gasteiger partial charge in [-0.25, -0.2) is 13.6 Å². The molecule has 6 heteroatoms. The van der Waals surface area contributed by atoms with Crippen LogP contribution in [0, 0.1) is 11.6 Å². The minimum Gasteiger partial charge on any atom is -0.477 e. The molecule has 0 atom stereocenters. The lowest BCUT2D eigenvalue weighted by Gasteiger charge is -2.00. The number of carbonyl (C=O) groups is 1. The Morgan fingerprint density at radius 3 is 2.72 bits per heavy atom. The van der Waals surface area contributed by atoms with E-state index in [9.17, 15) is 13.6 Å². The van der Waals surface area contributed by atoms with Gasteiger partial charge in [-0.1, -0.05) is 12.1 Å². The fraction of sp³-hybridized carbons (Fsp3) is 0.167. The van der Waals surface area contributed by atoms with Gasteiger partial charge in [0.15, 0.2) is 5.76 Å². The summed E-state index contributed by atoms with van der Waals surface area (Å²) in [6, 6.07) is 2.83. The van der Waals surface area contributed by atoms with E-state index in [4.69, 9.17) is 9.63 Å². The molecule has 2 rings (SSSR count). The molecule has 4 nitrogen and oxygen atoms in total. The highest BCUT2D eigenvalue weighted by atomic mass is 19.1. The zero-order valence-electron chi connectivity index (χ0n) is 9.41. The summed E-state index contributed by atoms with van der Waals surface area (Å²) in [4.78, 5) is 11.1. The predicted molar refractivity (Wildman–Crippen MR) is 58.2 cm³/mol. The minimum atomic E-state index is -1.26. The van der Waals surface area contributed by atoms with E-state index >= 15 is 0 Å². The summed E-state index contributed by atoms with van der Waals surface area (Å²) in [5.74, 6) is -2.73. The maximum absolute atomic E-state index is 13.6. The van der Waals surface area contributed by atoms with E-state index in [2.05, 4.69) is 5.16 Å². The van der Waals surface area contributed by atoms with Crippen LogP contribution < -0.4 is 0 Å². The van der Waals surface area contributed by atoms with Crippen molar-refractivity contribution in [3.8, 4) is 11.3 Å². The van der Waals surface area contributed by atoms with Gasteiger partial charge in [0.25, 0.3) is 0 Å². The number of carboxylic acids is 1. The van der Waals surface area contributed by atoms with Crippen LogP contribution in [0.25, 0.3) is 11.3 Å². The van der Waals surface area contributed by atoms with Crippen LogP contribution in [-0.2, 0) is 6.42 Å². The second kappa shape index (κ2) is 4.56. The van der Waals surface area contributed by atoms with Gasteiger partial charge in [-0.3, -0.25) is 0 Å². The number of aryl methyl sites for hydroxylation is 1. The van der Waals surface area contributed by atoms with Crippen LogP contribution in [0.2, 0.25) is 0 Å². The zero-order chi connectivity index (χ0) is 13.3. The molecule has 0 aliphatic heterocycles. The number of halogens is 2. The Kier molecular flexibility index (Phi) is 3.10. The average molecular weight is 253 g/mol. The van der Waals surface area contributed by atoms with Crippen molar-refractivity contribution in [3.63, 3.8) is 0 Å². The number of benzene rings is 1. The topological polar surface area (TPSA) is 63.3 Å². The molecule has 0 saturated heterocycles. The van der Waals surface area contributed by atoms with Gasteiger partial charge in [-0.2, -0.15) is 0 Å². The smallest absolute Gasteiger partial charge is 0.341 e. The molecular weight excluding hydrogens is 244 g/mol. The number of rotatable bonds is 3. The molecule has 0 spiro atoms. The molecule has 0 aliphatic carbocycles. The summed E-state index contributed by atoms with van der Waals surface area (Å²) in [6.07, 6.45) is 0.317. The molecule has 2 aromatic rings. The SMILES string of the molecule is CCc1onc(-c2ccc(F)cc2F)c1C(=O)O. The molecule has 0 bridgehead atoms. The molecule has 0 fully saturated rings. The van der Waals surface area contributed by atoms with Crippen LogP contribution >= 0.6 is 0 Å². The van der Waals surface area contributed by atoms with Crippen LogP contribution in [0.15, 0.2) is 22.7 Å². The molecule has 0 amide bonds. The van der Waals surface area contributed by atoms with Crippen molar-refractivity contribution < 1.29 is 23.2 Å². The third-order valence-corrected chi connectivity index (χ3v) is 2.48. The second-order valence-corrected chi connectivity index (χ2v) is 3.61. The molecule has 0 aliphatic rings. The van der Waals surface area contributed by atoms with Crippen LogP contribution in [0.5, 0.6) is 0 Å². The number of carboxylic acid groups (broad SMARTS) is 1. The molecule has 1 N–H and O–H groups in total. The van der Waals surface area contributed by atoms with Gasteiger partial charge in [0.2, 0.25) is 0 Å². The van der Waals surface area contributed by atoms with E-state index in [-0.39, 0.29) is 22.6 Å². The van der Waals surface area contributed by atoms with Gasteiger partial charge >= 0.3 is 5.97 Å². The number of aromatic nitrogens is 1. The number of hydrogen-bond acceptors (Lipinski definition) is 3. The van der Waals surface area contributed by atoms with E-state index in [1.54, 1.807) is 6.92 Å². The minimum absolute atomic E-state index is 0.0998. The molecule has 1 heterocycles. The summed E-state index contributed by atoms with van der Waals surface area (Å²) in [6.45, 7) is 1.69. The fourth-order valence-electron chi connectivity index (χ4n) is 1.65. The van der Waals surface area contributed by atoms with Crippen molar-refractivity contribution in [2.24, 2.45) is 0 Å². The molecule has 1 aromatic heterocycles. The first kappa shape index (κ1) is 12.2.